The van der Waals surface area contributed by atoms with Crippen molar-refractivity contribution in [3.8, 4) is 11.1 Å². The summed E-state index contributed by atoms with van der Waals surface area (Å²) in [4.78, 5) is 10.3. The monoisotopic (exact) mass is 604 g/mol. The summed E-state index contributed by atoms with van der Waals surface area (Å²) in [5.74, 6) is -0.810. The van der Waals surface area contributed by atoms with Gasteiger partial charge in [-0.2, -0.15) is 17.5 Å². The highest BCUT2D eigenvalue weighted by Gasteiger charge is 2.39. The maximum absolute atomic E-state index is 14.1. The van der Waals surface area contributed by atoms with Crippen molar-refractivity contribution in [2.45, 2.75) is 55.8 Å². The van der Waals surface area contributed by atoms with E-state index in [1.165, 1.54) is 41.5 Å². The first-order valence-corrected chi connectivity index (χ1v) is 15.0. The van der Waals surface area contributed by atoms with Crippen LogP contribution >= 0.6 is 0 Å². The van der Waals surface area contributed by atoms with Crippen LogP contribution in [-0.4, -0.2) is 60.7 Å². The van der Waals surface area contributed by atoms with Crippen LogP contribution < -0.4 is 5.32 Å². The molecule has 0 aromatic heterocycles. The molecule has 0 bridgehead atoms. The number of alkyl halides is 3. The van der Waals surface area contributed by atoms with Crippen molar-refractivity contribution in [1.29, 1.82) is 0 Å². The van der Waals surface area contributed by atoms with Crippen molar-refractivity contribution in [3.05, 3.63) is 89.0 Å². The Balaban J connectivity index is 1.44. The quantitative estimate of drug-likeness (QED) is 0.277. The zero-order valence-corrected chi connectivity index (χ0v) is 24.5. The van der Waals surface area contributed by atoms with Crippen LogP contribution in [0.3, 0.4) is 0 Å². The smallest absolute Gasteiger partial charge is 0.417 e. The van der Waals surface area contributed by atoms with Crippen molar-refractivity contribution >= 4 is 16.0 Å². The summed E-state index contributed by atoms with van der Waals surface area (Å²) in [7, 11) is -3.51. The first-order chi connectivity index (χ1) is 19.6. The van der Waals surface area contributed by atoms with Crippen LogP contribution in [0.2, 0.25) is 0 Å². The molecule has 0 spiro atoms. The van der Waals surface area contributed by atoms with Crippen LogP contribution in [0.1, 0.15) is 47.3 Å². The minimum Gasteiger partial charge on any atom is -0.478 e. The summed E-state index contributed by atoms with van der Waals surface area (Å²) in [5.41, 5.74) is 1.04. The molecular weight excluding hydrogens is 569 g/mol. The lowest BCUT2D eigenvalue weighted by molar-refractivity contribution is -0.139. The number of benzene rings is 3. The zero-order chi connectivity index (χ0) is 30.9. The highest BCUT2D eigenvalue weighted by molar-refractivity contribution is 7.89. The fraction of sp³-hybridized carbons (Fsp3) is 0.387. The zero-order valence-electron chi connectivity index (χ0n) is 23.6. The number of hydrogen-bond acceptors (Lipinski definition) is 5. The molecule has 42 heavy (non-hydrogen) atoms. The Hall–Kier alpha value is -3.25. The molecule has 3 aromatic carbocycles. The Morgan fingerprint density at radius 1 is 1.00 bits per heavy atom. The number of aromatic carboxylic acids is 1. The molecule has 226 valence electrons. The molecule has 11 heteroatoms. The number of β-amino-alcohol motifs (C(OH)–C–C–N with tert-alkyl or cyclic N) is 1. The number of aliphatic hydroxyl groups excluding tert-OH is 1. The van der Waals surface area contributed by atoms with Crippen LogP contribution in [0.25, 0.3) is 11.1 Å². The van der Waals surface area contributed by atoms with Gasteiger partial charge in [-0.3, -0.25) is 0 Å². The molecule has 1 aliphatic rings. The fourth-order valence-corrected chi connectivity index (χ4v) is 6.99. The first kappa shape index (κ1) is 31.7. The summed E-state index contributed by atoms with van der Waals surface area (Å²) in [5, 5.41) is 23.2. The average Bonchev–Trinajstić information content (AvgIpc) is 3.32. The van der Waals surface area contributed by atoms with E-state index in [-0.39, 0.29) is 28.8 Å². The minimum atomic E-state index is -5.01. The topological polar surface area (TPSA) is 107 Å². The Bertz CT molecular complexity index is 1530. The van der Waals surface area contributed by atoms with E-state index in [0.717, 1.165) is 36.7 Å². The Morgan fingerprint density at radius 2 is 1.62 bits per heavy atom. The van der Waals surface area contributed by atoms with Crippen molar-refractivity contribution in [2.75, 3.05) is 20.1 Å². The van der Waals surface area contributed by atoms with Crippen LogP contribution in [-0.2, 0) is 29.0 Å². The Morgan fingerprint density at radius 3 is 2.21 bits per heavy atom. The molecule has 1 atom stereocenters. The largest absolute Gasteiger partial charge is 0.478 e. The maximum Gasteiger partial charge on any atom is 0.417 e. The molecule has 0 amide bonds. The summed E-state index contributed by atoms with van der Waals surface area (Å²) < 4.78 is 69.5. The number of carboxylic acid groups (broad SMARTS) is 1. The standard InChI is InChI=1S/C31H35F3N2O5S/c1-30(2,17-20-13-21-7-4-5-8-22(21)14-20)35-18-26(37)19-36(3)42(40,41)28-12-11-24(16-27(28)31(32,33)34)23-9-6-10-25(15-23)29(38)39/h4-12,15-16,20,26,35,37H,13-14,17-19H2,1-3H3,(H,38,39). The molecule has 0 heterocycles. The molecule has 7 nitrogen and oxygen atoms in total. The number of hydrogen-bond donors (Lipinski definition) is 3. The molecule has 0 aliphatic heterocycles. The Labute approximate surface area is 244 Å². The van der Waals surface area contributed by atoms with Gasteiger partial charge in [0, 0.05) is 25.7 Å². The van der Waals surface area contributed by atoms with Gasteiger partial charge in [0.15, 0.2) is 0 Å². The number of carboxylic acids is 1. The molecule has 0 saturated heterocycles. The van der Waals surface area contributed by atoms with Gasteiger partial charge < -0.3 is 15.5 Å². The molecule has 1 aliphatic carbocycles. The number of rotatable bonds is 11. The number of halogens is 3. The van der Waals surface area contributed by atoms with E-state index in [0.29, 0.717) is 12.0 Å². The SMILES string of the molecule is CN(CC(O)CNC(C)(C)CC1Cc2ccccc2C1)S(=O)(=O)c1ccc(-c2cccc(C(=O)O)c2)cc1C(F)(F)F. The molecule has 3 aromatic rings. The van der Waals surface area contributed by atoms with E-state index in [2.05, 4.69) is 17.4 Å². The van der Waals surface area contributed by atoms with Gasteiger partial charge in [0.05, 0.1) is 22.1 Å². The molecule has 3 N–H and O–H groups in total. The van der Waals surface area contributed by atoms with E-state index in [9.17, 15) is 36.6 Å². The van der Waals surface area contributed by atoms with E-state index in [1.54, 1.807) is 0 Å². The summed E-state index contributed by atoms with van der Waals surface area (Å²) in [6, 6.07) is 16.4. The maximum atomic E-state index is 14.1. The van der Waals surface area contributed by atoms with E-state index < -0.39 is 45.3 Å². The second-order valence-corrected chi connectivity index (χ2v) is 13.6. The number of sulfonamides is 1. The van der Waals surface area contributed by atoms with Gasteiger partial charge in [-0.05, 0) is 85.5 Å². The molecule has 4 rings (SSSR count). The second-order valence-electron chi connectivity index (χ2n) is 11.5. The lowest BCUT2D eigenvalue weighted by Crippen LogP contribution is -2.47. The second kappa shape index (κ2) is 12.2. The molecular formula is C31H35F3N2O5S. The van der Waals surface area contributed by atoms with E-state index >= 15 is 0 Å². The van der Waals surface area contributed by atoms with Gasteiger partial charge in [0.2, 0.25) is 10.0 Å². The number of likely N-dealkylation sites (N-methyl/N-ethyl adjacent to an activating group) is 1. The third-order valence-electron chi connectivity index (χ3n) is 7.63. The minimum absolute atomic E-state index is 0.0175. The Kier molecular flexibility index (Phi) is 9.17. The predicted molar refractivity (Wildman–Crippen MR) is 154 cm³/mol. The number of aliphatic hydroxyl groups is 1. The molecule has 0 radical (unpaired) electrons. The molecule has 0 fully saturated rings. The predicted octanol–water partition coefficient (Wildman–Crippen LogP) is 5.23. The first-order valence-electron chi connectivity index (χ1n) is 13.6. The van der Waals surface area contributed by atoms with Crippen molar-refractivity contribution in [2.24, 2.45) is 5.92 Å². The average molecular weight is 605 g/mol. The van der Waals surface area contributed by atoms with Crippen molar-refractivity contribution in [3.63, 3.8) is 0 Å². The van der Waals surface area contributed by atoms with Gasteiger partial charge in [0.25, 0.3) is 0 Å². The van der Waals surface area contributed by atoms with E-state index in [4.69, 9.17) is 0 Å². The third-order valence-corrected chi connectivity index (χ3v) is 9.52. The van der Waals surface area contributed by atoms with Gasteiger partial charge in [0.1, 0.15) is 0 Å². The van der Waals surface area contributed by atoms with Crippen LogP contribution in [0, 0.1) is 5.92 Å². The molecule has 0 saturated carbocycles. The molecule has 1 unspecified atom stereocenters. The van der Waals surface area contributed by atoms with Crippen molar-refractivity contribution < 1.29 is 36.6 Å². The van der Waals surface area contributed by atoms with Gasteiger partial charge in [-0.15, -0.1) is 0 Å². The third kappa shape index (κ3) is 7.38. The number of carbonyl (C=O) groups is 1. The number of fused-ring (bicyclic) bond motifs is 1. The highest BCUT2D eigenvalue weighted by Crippen LogP contribution is 2.38. The lowest BCUT2D eigenvalue weighted by atomic mass is 9.88. The summed E-state index contributed by atoms with van der Waals surface area (Å²) >= 11 is 0. The van der Waals surface area contributed by atoms with Crippen LogP contribution in [0.4, 0.5) is 13.2 Å². The van der Waals surface area contributed by atoms with E-state index in [1.807, 2.05) is 26.0 Å². The summed E-state index contributed by atoms with van der Waals surface area (Å²) in [6.45, 7) is 3.65. The summed E-state index contributed by atoms with van der Waals surface area (Å²) in [6.07, 6.45) is -3.41. The van der Waals surface area contributed by atoms with Gasteiger partial charge >= 0.3 is 12.1 Å². The fourth-order valence-electron chi connectivity index (χ4n) is 5.60. The van der Waals surface area contributed by atoms with Crippen LogP contribution in [0.15, 0.2) is 71.6 Å². The highest BCUT2D eigenvalue weighted by atomic mass is 32.2. The normalized spacial score (nSPS) is 15.1. The van der Waals surface area contributed by atoms with Crippen molar-refractivity contribution in [1.82, 2.24) is 9.62 Å². The van der Waals surface area contributed by atoms with Crippen LogP contribution in [0.5, 0.6) is 0 Å². The van der Waals surface area contributed by atoms with Gasteiger partial charge in [-0.1, -0.05) is 42.5 Å². The number of nitrogens with one attached hydrogen (secondary N) is 1. The van der Waals surface area contributed by atoms with Gasteiger partial charge in [-0.25, -0.2) is 13.2 Å². The lowest BCUT2D eigenvalue weighted by Gasteiger charge is -2.31. The number of nitrogens with zero attached hydrogens (tertiary/aromatic N) is 1.